The molecule has 3 atom stereocenters. The van der Waals surface area contributed by atoms with Gasteiger partial charge in [-0.1, -0.05) is 11.8 Å². The highest BCUT2D eigenvalue weighted by Gasteiger charge is 2.65. The normalized spacial score (nSPS) is 33.8. The predicted molar refractivity (Wildman–Crippen MR) is 73.0 cm³/mol. The molecule has 3 saturated heterocycles. The first-order valence-electron chi connectivity index (χ1n) is 6.40. The van der Waals surface area contributed by atoms with Crippen molar-refractivity contribution in [2.45, 2.75) is 16.3 Å². The molecular weight excluding hydrogens is 316 g/mol. The standard InChI is InChI=1S/C10H14N6O5S/c11-4-5(17)14-3-10(7(18)19,22-6(4)14)15-1-2-16(9(15)21)13-8(12)20/h4,6H,1-3,11H2,(H,18,19)(H3,12,13,20)/t4-,6-,10-/m1/s1. The fraction of sp³-hybridized carbons (Fsp3) is 0.600. The van der Waals surface area contributed by atoms with Crippen LogP contribution >= 0.6 is 11.8 Å². The molecule has 0 unspecified atom stereocenters. The molecule has 3 aliphatic rings. The fourth-order valence-electron chi connectivity index (χ4n) is 2.81. The number of rotatable bonds is 3. The van der Waals surface area contributed by atoms with Crippen LogP contribution in [0.5, 0.6) is 0 Å². The number of fused-ring (bicyclic) bond motifs is 1. The molecule has 0 aromatic heterocycles. The Morgan fingerprint density at radius 3 is 2.59 bits per heavy atom. The highest BCUT2D eigenvalue weighted by Crippen LogP contribution is 2.48. The smallest absolute Gasteiger partial charge is 0.342 e. The number of carbonyl (C=O) groups is 4. The van der Waals surface area contributed by atoms with Crippen LogP contribution in [0.2, 0.25) is 0 Å². The maximum Gasteiger partial charge on any atom is 0.342 e. The minimum absolute atomic E-state index is 0.0857. The summed E-state index contributed by atoms with van der Waals surface area (Å²) in [5.41, 5.74) is 12.8. The Morgan fingerprint density at radius 1 is 1.36 bits per heavy atom. The maximum absolute atomic E-state index is 12.3. The minimum Gasteiger partial charge on any atom is -0.479 e. The van der Waals surface area contributed by atoms with E-state index in [0.717, 1.165) is 21.7 Å². The Kier molecular flexibility index (Phi) is 3.11. The van der Waals surface area contributed by atoms with Gasteiger partial charge in [-0.3, -0.25) is 9.69 Å². The van der Waals surface area contributed by atoms with Gasteiger partial charge < -0.3 is 21.5 Å². The summed E-state index contributed by atoms with van der Waals surface area (Å²) >= 11 is 0.965. The van der Waals surface area contributed by atoms with E-state index in [0.29, 0.717) is 0 Å². The summed E-state index contributed by atoms with van der Waals surface area (Å²) in [4.78, 5) is 47.5. The van der Waals surface area contributed by atoms with E-state index in [1.54, 1.807) is 0 Å². The number of carbonyl (C=O) groups excluding carboxylic acids is 3. The number of urea groups is 2. The summed E-state index contributed by atoms with van der Waals surface area (Å²) in [6.45, 7) is 0.0464. The number of carboxylic acids is 1. The first-order chi connectivity index (χ1) is 10.3. The van der Waals surface area contributed by atoms with Crippen LogP contribution in [0.4, 0.5) is 9.59 Å². The van der Waals surface area contributed by atoms with Crippen LogP contribution < -0.4 is 16.9 Å². The van der Waals surface area contributed by atoms with Crippen LogP contribution in [0.25, 0.3) is 0 Å². The molecule has 0 radical (unpaired) electrons. The van der Waals surface area contributed by atoms with Crippen LogP contribution in [0.3, 0.4) is 0 Å². The third-order valence-corrected chi connectivity index (χ3v) is 5.61. The topological polar surface area (TPSA) is 162 Å². The third-order valence-electron chi connectivity index (χ3n) is 3.91. The first-order valence-corrected chi connectivity index (χ1v) is 7.28. The van der Waals surface area contributed by atoms with Crippen molar-refractivity contribution >= 4 is 35.7 Å². The van der Waals surface area contributed by atoms with Crippen molar-refractivity contribution in [2.75, 3.05) is 19.6 Å². The molecule has 3 rings (SSSR count). The van der Waals surface area contributed by atoms with E-state index in [-0.39, 0.29) is 25.5 Å². The van der Waals surface area contributed by atoms with Crippen LogP contribution in [0.15, 0.2) is 0 Å². The van der Waals surface area contributed by atoms with Crippen molar-refractivity contribution in [1.82, 2.24) is 20.2 Å². The number of carboxylic acid groups (broad SMARTS) is 1. The lowest BCUT2D eigenvalue weighted by molar-refractivity contribution is -0.148. The molecule has 6 N–H and O–H groups in total. The van der Waals surface area contributed by atoms with Gasteiger partial charge in [0.25, 0.3) is 0 Å². The lowest BCUT2D eigenvalue weighted by Gasteiger charge is -2.38. The van der Waals surface area contributed by atoms with Crippen LogP contribution in [-0.4, -0.2) is 79.8 Å². The summed E-state index contributed by atoms with van der Waals surface area (Å²) in [6.07, 6.45) is 0. The van der Waals surface area contributed by atoms with Crippen molar-refractivity contribution in [1.29, 1.82) is 0 Å². The zero-order valence-electron chi connectivity index (χ0n) is 11.3. The van der Waals surface area contributed by atoms with Crippen molar-refractivity contribution in [2.24, 2.45) is 11.5 Å². The number of nitrogens with zero attached hydrogens (tertiary/aromatic N) is 3. The van der Waals surface area contributed by atoms with Crippen molar-refractivity contribution in [3.05, 3.63) is 0 Å². The number of nitrogens with two attached hydrogens (primary N) is 2. The van der Waals surface area contributed by atoms with Crippen molar-refractivity contribution < 1.29 is 24.3 Å². The SMILES string of the molecule is NC(=O)NN1CCN([C@]2(C(=O)O)CN3C(=O)[C@@H](N)[C@H]3S2)C1=O. The van der Waals surface area contributed by atoms with Crippen LogP contribution in [0.1, 0.15) is 0 Å². The Labute approximate surface area is 128 Å². The molecule has 12 heteroatoms. The lowest BCUT2D eigenvalue weighted by atomic mass is 10.1. The lowest BCUT2D eigenvalue weighted by Crippen LogP contribution is -2.65. The summed E-state index contributed by atoms with van der Waals surface area (Å²) in [5, 5.41) is 10.1. The molecule has 11 nitrogen and oxygen atoms in total. The Bertz CT molecular complexity index is 586. The van der Waals surface area contributed by atoms with Gasteiger partial charge in [0, 0.05) is 6.54 Å². The van der Waals surface area contributed by atoms with Crippen LogP contribution in [-0.2, 0) is 9.59 Å². The van der Waals surface area contributed by atoms with E-state index >= 15 is 0 Å². The van der Waals surface area contributed by atoms with E-state index in [4.69, 9.17) is 11.5 Å². The van der Waals surface area contributed by atoms with E-state index in [9.17, 15) is 24.3 Å². The number of hydrogen-bond acceptors (Lipinski definition) is 6. The zero-order valence-corrected chi connectivity index (χ0v) is 12.1. The van der Waals surface area contributed by atoms with E-state index in [1.807, 2.05) is 0 Å². The molecule has 0 aromatic rings. The number of β-lactam (4-membered cyclic amide) rings is 1. The number of hydrogen-bond donors (Lipinski definition) is 4. The minimum atomic E-state index is -1.61. The van der Waals surface area contributed by atoms with E-state index in [1.165, 1.54) is 4.90 Å². The summed E-state index contributed by atoms with van der Waals surface area (Å²) in [6, 6.07) is -2.36. The summed E-state index contributed by atoms with van der Waals surface area (Å²) < 4.78 is 0. The van der Waals surface area contributed by atoms with Gasteiger partial charge >= 0.3 is 18.0 Å². The molecule has 0 spiro atoms. The highest BCUT2D eigenvalue weighted by atomic mass is 32.2. The van der Waals surface area contributed by atoms with Gasteiger partial charge in [-0.25, -0.2) is 24.8 Å². The second kappa shape index (κ2) is 4.64. The molecule has 0 aliphatic carbocycles. The fourth-order valence-corrected chi connectivity index (χ4v) is 4.39. The quantitative estimate of drug-likeness (QED) is 0.410. The predicted octanol–water partition coefficient (Wildman–Crippen LogP) is -2.67. The van der Waals surface area contributed by atoms with Gasteiger partial charge in [-0.2, -0.15) is 0 Å². The number of hydrazine groups is 1. The van der Waals surface area contributed by atoms with E-state index in [2.05, 4.69) is 5.43 Å². The van der Waals surface area contributed by atoms with Crippen LogP contribution in [0, 0.1) is 0 Å². The number of amides is 5. The molecule has 22 heavy (non-hydrogen) atoms. The molecule has 3 fully saturated rings. The van der Waals surface area contributed by atoms with Gasteiger partial charge in [0.2, 0.25) is 10.8 Å². The van der Waals surface area contributed by atoms with Gasteiger partial charge in [-0.15, -0.1) is 0 Å². The third kappa shape index (κ3) is 1.80. The molecule has 120 valence electrons. The van der Waals surface area contributed by atoms with Crippen molar-refractivity contribution in [3.8, 4) is 0 Å². The second-order valence-corrected chi connectivity index (χ2v) is 6.55. The number of aliphatic carboxylic acids is 1. The second-order valence-electron chi connectivity index (χ2n) is 5.15. The molecular formula is C10H14N6O5S. The van der Waals surface area contributed by atoms with E-state index < -0.39 is 34.3 Å². The van der Waals surface area contributed by atoms with Gasteiger partial charge in [0.1, 0.15) is 11.4 Å². The first kappa shape index (κ1) is 14.7. The Hall–Kier alpha value is -2.21. The molecule has 3 aliphatic heterocycles. The number of nitrogens with one attached hydrogen (secondary N) is 1. The zero-order chi connectivity index (χ0) is 16.2. The largest absolute Gasteiger partial charge is 0.479 e. The average molecular weight is 330 g/mol. The van der Waals surface area contributed by atoms with Crippen molar-refractivity contribution in [3.63, 3.8) is 0 Å². The molecule has 0 saturated carbocycles. The van der Waals surface area contributed by atoms with Gasteiger partial charge in [0.15, 0.2) is 0 Å². The maximum atomic E-state index is 12.3. The Morgan fingerprint density at radius 2 is 2.05 bits per heavy atom. The molecule has 3 heterocycles. The average Bonchev–Trinajstić information content (AvgIpc) is 2.99. The summed E-state index contributed by atoms with van der Waals surface area (Å²) in [5.74, 6) is -1.57. The molecule has 0 bridgehead atoms. The summed E-state index contributed by atoms with van der Waals surface area (Å²) in [7, 11) is 0. The van der Waals surface area contributed by atoms with Gasteiger partial charge in [0.05, 0.1) is 13.1 Å². The molecule has 0 aromatic carbocycles. The number of primary amides is 1. The molecule has 5 amide bonds. The monoisotopic (exact) mass is 330 g/mol. The number of thioether (sulfide) groups is 1. The Balaban J connectivity index is 1.85. The van der Waals surface area contributed by atoms with Gasteiger partial charge in [-0.05, 0) is 0 Å². The highest BCUT2D eigenvalue weighted by molar-refractivity contribution is 8.02.